The summed E-state index contributed by atoms with van der Waals surface area (Å²) < 4.78 is 5.01. The van der Waals surface area contributed by atoms with E-state index in [2.05, 4.69) is 11.0 Å². The normalized spacial score (nSPS) is 15.3. The van der Waals surface area contributed by atoms with Crippen molar-refractivity contribution in [3.05, 3.63) is 63.4 Å². The van der Waals surface area contributed by atoms with Crippen LogP contribution in [-0.2, 0) is 6.54 Å². The molecule has 3 rings (SSSR count). The van der Waals surface area contributed by atoms with Crippen LogP contribution < -0.4 is 0 Å². The van der Waals surface area contributed by atoms with Gasteiger partial charge in [0.15, 0.2) is 5.76 Å². The van der Waals surface area contributed by atoms with Gasteiger partial charge in [-0.15, -0.1) is 0 Å². The molecule has 0 radical (unpaired) electrons. The standard InChI is InChI=1S/C18H18N4O4/c19-12-14-2-4-15(5-3-14)13-20-8-1-9-21(11-10-20)18(23)16-6-7-17(26-16)22(24)25/h2-7H,1,8-11,13H2. The smallest absolute Gasteiger partial charge is 0.395 e. The third-order valence-electron chi connectivity index (χ3n) is 4.35. The molecule has 1 aromatic carbocycles. The molecule has 0 bridgehead atoms. The molecular weight excluding hydrogens is 336 g/mol. The van der Waals surface area contributed by atoms with Crippen LogP contribution in [0, 0.1) is 21.4 Å². The first-order valence-electron chi connectivity index (χ1n) is 8.32. The molecule has 2 heterocycles. The molecule has 0 aliphatic carbocycles. The highest BCUT2D eigenvalue weighted by Crippen LogP contribution is 2.18. The first kappa shape index (κ1) is 17.6. The van der Waals surface area contributed by atoms with Crippen LogP contribution in [0.4, 0.5) is 5.88 Å². The van der Waals surface area contributed by atoms with E-state index >= 15 is 0 Å². The number of nitrogens with zero attached hydrogens (tertiary/aromatic N) is 4. The van der Waals surface area contributed by atoms with Gasteiger partial charge in [0, 0.05) is 32.7 Å². The van der Waals surface area contributed by atoms with Gasteiger partial charge in [0.2, 0.25) is 0 Å². The molecule has 0 spiro atoms. The van der Waals surface area contributed by atoms with E-state index in [0.29, 0.717) is 25.2 Å². The van der Waals surface area contributed by atoms with Crippen molar-refractivity contribution in [2.24, 2.45) is 0 Å². The molecule has 0 N–H and O–H groups in total. The molecule has 0 saturated carbocycles. The van der Waals surface area contributed by atoms with E-state index in [9.17, 15) is 14.9 Å². The lowest BCUT2D eigenvalue weighted by atomic mass is 10.1. The number of benzene rings is 1. The van der Waals surface area contributed by atoms with E-state index in [1.165, 1.54) is 12.1 Å². The Labute approximate surface area is 150 Å². The molecule has 2 aromatic rings. The highest BCUT2D eigenvalue weighted by atomic mass is 16.6. The molecule has 1 saturated heterocycles. The first-order chi connectivity index (χ1) is 12.6. The van der Waals surface area contributed by atoms with Crippen molar-refractivity contribution in [2.75, 3.05) is 26.2 Å². The van der Waals surface area contributed by atoms with Crippen molar-refractivity contribution < 1.29 is 14.1 Å². The second-order valence-corrected chi connectivity index (χ2v) is 6.13. The van der Waals surface area contributed by atoms with Crippen LogP contribution in [0.15, 0.2) is 40.8 Å². The summed E-state index contributed by atoms with van der Waals surface area (Å²) in [6, 6.07) is 12.1. The van der Waals surface area contributed by atoms with Gasteiger partial charge in [-0.3, -0.25) is 19.8 Å². The second-order valence-electron chi connectivity index (χ2n) is 6.13. The number of rotatable bonds is 4. The number of furan rings is 1. The summed E-state index contributed by atoms with van der Waals surface area (Å²) in [7, 11) is 0. The van der Waals surface area contributed by atoms with Gasteiger partial charge in [0.1, 0.15) is 4.92 Å². The molecule has 0 atom stereocenters. The summed E-state index contributed by atoms with van der Waals surface area (Å²) in [5.41, 5.74) is 1.75. The van der Waals surface area contributed by atoms with Gasteiger partial charge in [0.05, 0.1) is 17.7 Å². The Bertz CT molecular complexity index is 838. The SMILES string of the molecule is N#Cc1ccc(CN2CCCN(C(=O)c3ccc([N+](=O)[O-])o3)CC2)cc1. The molecular formula is C18H18N4O4. The van der Waals surface area contributed by atoms with Gasteiger partial charge in [-0.1, -0.05) is 12.1 Å². The van der Waals surface area contributed by atoms with E-state index in [0.717, 1.165) is 25.1 Å². The van der Waals surface area contributed by atoms with Gasteiger partial charge in [-0.2, -0.15) is 5.26 Å². The summed E-state index contributed by atoms with van der Waals surface area (Å²) >= 11 is 0. The maximum Gasteiger partial charge on any atom is 0.433 e. The Morgan fingerprint density at radius 3 is 2.58 bits per heavy atom. The van der Waals surface area contributed by atoms with Crippen LogP contribution in [0.25, 0.3) is 0 Å². The summed E-state index contributed by atoms with van der Waals surface area (Å²) in [5.74, 6) is -0.749. The Balaban J connectivity index is 1.59. The molecule has 1 aromatic heterocycles. The van der Waals surface area contributed by atoms with Crippen molar-refractivity contribution in [3.63, 3.8) is 0 Å². The van der Waals surface area contributed by atoms with Gasteiger partial charge < -0.3 is 9.32 Å². The number of nitro groups is 1. The highest BCUT2D eigenvalue weighted by Gasteiger charge is 2.24. The Morgan fingerprint density at radius 1 is 1.15 bits per heavy atom. The fourth-order valence-electron chi connectivity index (χ4n) is 2.97. The highest BCUT2D eigenvalue weighted by molar-refractivity contribution is 5.91. The Kier molecular flexibility index (Phi) is 5.29. The van der Waals surface area contributed by atoms with E-state index in [-0.39, 0.29) is 11.7 Å². The largest absolute Gasteiger partial charge is 0.433 e. The predicted molar refractivity (Wildman–Crippen MR) is 92.3 cm³/mol. The molecule has 8 nitrogen and oxygen atoms in total. The Morgan fingerprint density at radius 2 is 1.92 bits per heavy atom. The quantitative estimate of drug-likeness (QED) is 0.617. The van der Waals surface area contributed by atoms with Crippen molar-refractivity contribution in [1.82, 2.24) is 9.80 Å². The maximum absolute atomic E-state index is 12.5. The minimum Gasteiger partial charge on any atom is -0.395 e. The molecule has 134 valence electrons. The minimum atomic E-state index is -0.654. The summed E-state index contributed by atoms with van der Waals surface area (Å²) in [6.45, 7) is 3.41. The topological polar surface area (TPSA) is 104 Å². The molecule has 1 aliphatic heterocycles. The average Bonchev–Trinajstić information content (AvgIpc) is 3.04. The van der Waals surface area contributed by atoms with E-state index in [4.69, 9.17) is 9.68 Å². The number of hydrogen-bond donors (Lipinski definition) is 0. The van der Waals surface area contributed by atoms with Crippen LogP contribution in [0.5, 0.6) is 0 Å². The fraction of sp³-hybridized carbons (Fsp3) is 0.333. The Hall–Kier alpha value is -3.18. The van der Waals surface area contributed by atoms with Crippen molar-refractivity contribution in [1.29, 1.82) is 5.26 Å². The molecule has 1 fully saturated rings. The number of amides is 1. The number of carbonyl (C=O) groups excluding carboxylic acids is 1. The lowest BCUT2D eigenvalue weighted by Gasteiger charge is -2.21. The summed E-state index contributed by atoms with van der Waals surface area (Å²) in [6.07, 6.45) is 0.810. The lowest BCUT2D eigenvalue weighted by molar-refractivity contribution is -0.402. The van der Waals surface area contributed by atoms with E-state index in [1.54, 1.807) is 17.0 Å². The lowest BCUT2D eigenvalue weighted by Crippen LogP contribution is -2.34. The summed E-state index contributed by atoms with van der Waals surface area (Å²) in [4.78, 5) is 26.4. The number of carbonyl (C=O) groups is 1. The van der Waals surface area contributed by atoms with Crippen molar-refractivity contribution >= 4 is 11.8 Å². The van der Waals surface area contributed by atoms with Crippen LogP contribution in [0.1, 0.15) is 28.1 Å². The molecule has 0 unspecified atom stereocenters. The average molecular weight is 354 g/mol. The third kappa shape index (κ3) is 4.07. The van der Waals surface area contributed by atoms with Crippen molar-refractivity contribution in [2.45, 2.75) is 13.0 Å². The third-order valence-corrected chi connectivity index (χ3v) is 4.35. The predicted octanol–water partition coefficient (Wildman–Crippen LogP) is 2.41. The molecule has 8 heteroatoms. The fourth-order valence-corrected chi connectivity index (χ4v) is 2.97. The number of nitriles is 1. The van der Waals surface area contributed by atoms with Gasteiger partial charge in [-0.25, -0.2) is 0 Å². The zero-order valence-corrected chi connectivity index (χ0v) is 14.1. The minimum absolute atomic E-state index is 0.00255. The van der Waals surface area contributed by atoms with E-state index < -0.39 is 10.8 Å². The van der Waals surface area contributed by atoms with Crippen LogP contribution in [0.2, 0.25) is 0 Å². The number of hydrogen-bond acceptors (Lipinski definition) is 6. The monoisotopic (exact) mass is 354 g/mol. The van der Waals surface area contributed by atoms with E-state index in [1.807, 2.05) is 12.1 Å². The molecule has 1 amide bonds. The zero-order valence-electron chi connectivity index (χ0n) is 14.1. The van der Waals surface area contributed by atoms with Crippen LogP contribution in [-0.4, -0.2) is 46.8 Å². The molecule has 26 heavy (non-hydrogen) atoms. The van der Waals surface area contributed by atoms with Crippen LogP contribution in [0.3, 0.4) is 0 Å². The van der Waals surface area contributed by atoms with Gasteiger partial charge in [-0.05, 0) is 30.2 Å². The molecule has 1 aliphatic rings. The van der Waals surface area contributed by atoms with Gasteiger partial charge >= 0.3 is 5.88 Å². The van der Waals surface area contributed by atoms with Gasteiger partial charge in [0.25, 0.3) is 5.91 Å². The second kappa shape index (κ2) is 7.80. The summed E-state index contributed by atoms with van der Waals surface area (Å²) in [5, 5.41) is 19.5. The zero-order chi connectivity index (χ0) is 18.5. The maximum atomic E-state index is 12.5. The van der Waals surface area contributed by atoms with Crippen molar-refractivity contribution in [3.8, 4) is 6.07 Å². The van der Waals surface area contributed by atoms with Crippen LogP contribution >= 0.6 is 0 Å². The first-order valence-corrected chi connectivity index (χ1v) is 8.32.